The van der Waals surface area contributed by atoms with Crippen molar-refractivity contribution >= 4 is 11.6 Å². The molecule has 0 aliphatic heterocycles. The van der Waals surface area contributed by atoms with Crippen molar-refractivity contribution in [2.45, 2.75) is 19.8 Å². The quantitative estimate of drug-likeness (QED) is 0.767. The minimum absolute atomic E-state index is 0.252. The lowest BCUT2D eigenvalue weighted by molar-refractivity contribution is 0.0951. The predicted octanol–water partition coefficient (Wildman–Crippen LogP) is 1.86. The van der Waals surface area contributed by atoms with Gasteiger partial charge in [-0.25, -0.2) is 4.39 Å². The van der Waals surface area contributed by atoms with E-state index in [2.05, 4.69) is 5.32 Å². The highest BCUT2D eigenvalue weighted by Crippen LogP contribution is 2.27. The summed E-state index contributed by atoms with van der Waals surface area (Å²) in [7, 11) is 0. The molecule has 86 valence electrons. The van der Waals surface area contributed by atoms with E-state index in [1.54, 1.807) is 6.92 Å². The Kier molecular flexibility index (Phi) is 2.81. The molecular weight excluding hydrogens is 207 g/mol. The number of halogens is 1. The Balaban J connectivity index is 2.09. The first kappa shape index (κ1) is 10.9. The molecule has 3 nitrogen and oxygen atoms in total. The molecule has 0 saturated heterocycles. The lowest BCUT2D eigenvalue weighted by atomic mass is 10.1. The molecule has 0 heterocycles. The Bertz CT molecular complexity index is 404. The maximum Gasteiger partial charge on any atom is 0.251 e. The number of carbonyl (C=O) groups excluding carboxylic acids is 1. The maximum atomic E-state index is 13.4. The second kappa shape index (κ2) is 4.12. The van der Waals surface area contributed by atoms with Crippen molar-refractivity contribution < 1.29 is 9.18 Å². The summed E-state index contributed by atoms with van der Waals surface area (Å²) < 4.78 is 13.4. The second-order valence-corrected chi connectivity index (χ2v) is 4.33. The van der Waals surface area contributed by atoms with E-state index < -0.39 is 5.82 Å². The minimum atomic E-state index is -0.434. The van der Waals surface area contributed by atoms with E-state index in [-0.39, 0.29) is 5.91 Å². The highest BCUT2D eigenvalue weighted by atomic mass is 19.1. The first-order valence-corrected chi connectivity index (χ1v) is 5.41. The van der Waals surface area contributed by atoms with Gasteiger partial charge in [0.15, 0.2) is 0 Å². The van der Waals surface area contributed by atoms with Gasteiger partial charge in [-0.05, 0) is 37.8 Å². The van der Waals surface area contributed by atoms with Crippen molar-refractivity contribution in [2.24, 2.45) is 5.92 Å². The lowest BCUT2D eigenvalue weighted by Gasteiger charge is -2.07. The van der Waals surface area contributed by atoms with Crippen LogP contribution in [-0.4, -0.2) is 12.5 Å². The minimum Gasteiger partial charge on any atom is -0.398 e. The third-order valence-electron chi connectivity index (χ3n) is 2.89. The number of nitrogens with one attached hydrogen (secondary N) is 1. The van der Waals surface area contributed by atoms with Gasteiger partial charge in [-0.15, -0.1) is 0 Å². The van der Waals surface area contributed by atoms with E-state index in [4.69, 9.17) is 5.73 Å². The van der Waals surface area contributed by atoms with Gasteiger partial charge in [0.1, 0.15) is 5.82 Å². The van der Waals surface area contributed by atoms with Crippen LogP contribution in [0.2, 0.25) is 0 Å². The van der Waals surface area contributed by atoms with Gasteiger partial charge in [0, 0.05) is 23.4 Å². The van der Waals surface area contributed by atoms with E-state index in [0.717, 1.165) is 0 Å². The maximum absolute atomic E-state index is 13.4. The van der Waals surface area contributed by atoms with Gasteiger partial charge in [-0.3, -0.25) is 4.79 Å². The van der Waals surface area contributed by atoms with Gasteiger partial charge in [0.25, 0.3) is 5.91 Å². The Hall–Kier alpha value is -1.58. The fraction of sp³-hybridized carbons (Fsp3) is 0.417. The third kappa shape index (κ3) is 2.32. The zero-order valence-electron chi connectivity index (χ0n) is 9.22. The molecule has 0 radical (unpaired) electrons. The zero-order valence-corrected chi connectivity index (χ0v) is 9.22. The number of nitrogens with two attached hydrogens (primary N) is 1. The summed E-state index contributed by atoms with van der Waals surface area (Å²) in [5.74, 6) is -0.0781. The highest BCUT2D eigenvalue weighted by molar-refractivity contribution is 5.95. The molecule has 1 amide bonds. The first-order chi connectivity index (χ1) is 7.58. The van der Waals surface area contributed by atoms with Crippen molar-refractivity contribution in [1.82, 2.24) is 5.32 Å². The second-order valence-electron chi connectivity index (χ2n) is 4.33. The highest BCUT2D eigenvalue weighted by Gasteiger charge is 2.22. The average molecular weight is 222 g/mol. The molecule has 0 aromatic heterocycles. The SMILES string of the molecule is Cc1c(N)cc(C(=O)NCC2CC2)cc1F. The van der Waals surface area contributed by atoms with Crippen molar-refractivity contribution in [1.29, 1.82) is 0 Å². The van der Waals surface area contributed by atoms with Gasteiger partial charge < -0.3 is 11.1 Å². The molecule has 16 heavy (non-hydrogen) atoms. The van der Waals surface area contributed by atoms with E-state index in [1.165, 1.54) is 25.0 Å². The number of amides is 1. The fourth-order valence-corrected chi connectivity index (χ4v) is 1.49. The molecule has 1 aliphatic rings. The first-order valence-electron chi connectivity index (χ1n) is 5.41. The van der Waals surface area contributed by atoms with Gasteiger partial charge in [0.05, 0.1) is 0 Å². The topological polar surface area (TPSA) is 55.1 Å². The molecule has 1 aromatic carbocycles. The van der Waals surface area contributed by atoms with Gasteiger partial charge >= 0.3 is 0 Å². The van der Waals surface area contributed by atoms with Gasteiger partial charge in [0.2, 0.25) is 0 Å². The number of hydrogen-bond donors (Lipinski definition) is 2. The summed E-state index contributed by atoms with van der Waals surface area (Å²) in [5.41, 5.74) is 6.60. The van der Waals surface area contributed by atoms with Crippen LogP contribution in [0.1, 0.15) is 28.8 Å². The molecule has 1 aliphatic carbocycles. The molecule has 0 bridgehead atoms. The Morgan fingerprint density at radius 1 is 1.56 bits per heavy atom. The molecular formula is C12H15FN2O. The molecule has 1 aromatic rings. The summed E-state index contributed by atoms with van der Waals surface area (Å²) in [6.07, 6.45) is 2.34. The van der Waals surface area contributed by atoms with E-state index >= 15 is 0 Å². The van der Waals surface area contributed by atoms with Crippen LogP contribution in [0, 0.1) is 18.7 Å². The molecule has 1 fully saturated rings. The molecule has 0 spiro atoms. The van der Waals surface area contributed by atoms with E-state index in [1.807, 2.05) is 0 Å². The molecule has 3 N–H and O–H groups in total. The summed E-state index contributed by atoms with van der Waals surface area (Å²) in [6.45, 7) is 2.27. The molecule has 0 atom stereocenters. The number of anilines is 1. The van der Waals surface area contributed by atoms with Crippen molar-refractivity contribution in [3.05, 3.63) is 29.1 Å². The Morgan fingerprint density at radius 2 is 2.25 bits per heavy atom. The Morgan fingerprint density at radius 3 is 2.81 bits per heavy atom. The predicted molar refractivity (Wildman–Crippen MR) is 60.6 cm³/mol. The summed E-state index contributed by atoms with van der Waals surface area (Å²) in [4.78, 5) is 11.7. The summed E-state index contributed by atoms with van der Waals surface area (Å²) in [5, 5.41) is 2.77. The lowest BCUT2D eigenvalue weighted by Crippen LogP contribution is -2.25. The third-order valence-corrected chi connectivity index (χ3v) is 2.89. The van der Waals surface area contributed by atoms with Crippen molar-refractivity contribution in [3.63, 3.8) is 0 Å². The molecule has 1 saturated carbocycles. The summed E-state index contributed by atoms with van der Waals surface area (Å²) >= 11 is 0. The van der Waals surface area contributed by atoms with Crippen LogP contribution < -0.4 is 11.1 Å². The van der Waals surface area contributed by atoms with Crippen LogP contribution in [-0.2, 0) is 0 Å². The largest absolute Gasteiger partial charge is 0.398 e. The van der Waals surface area contributed by atoms with Crippen LogP contribution >= 0.6 is 0 Å². The number of hydrogen-bond acceptors (Lipinski definition) is 2. The van der Waals surface area contributed by atoms with Crippen LogP contribution in [0.15, 0.2) is 12.1 Å². The molecule has 0 unspecified atom stereocenters. The number of carbonyl (C=O) groups is 1. The molecule has 4 heteroatoms. The van der Waals surface area contributed by atoms with Gasteiger partial charge in [-0.1, -0.05) is 0 Å². The fourth-order valence-electron chi connectivity index (χ4n) is 1.49. The van der Waals surface area contributed by atoms with Crippen molar-refractivity contribution in [2.75, 3.05) is 12.3 Å². The van der Waals surface area contributed by atoms with Crippen LogP contribution in [0.4, 0.5) is 10.1 Å². The number of benzene rings is 1. The zero-order chi connectivity index (χ0) is 11.7. The molecule has 2 rings (SSSR count). The summed E-state index contributed by atoms with van der Waals surface area (Å²) in [6, 6.07) is 2.74. The Labute approximate surface area is 93.8 Å². The van der Waals surface area contributed by atoms with Crippen LogP contribution in [0.3, 0.4) is 0 Å². The van der Waals surface area contributed by atoms with Gasteiger partial charge in [-0.2, -0.15) is 0 Å². The standard InChI is InChI=1S/C12H15FN2O/c1-7-10(13)4-9(5-11(7)14)12(16)15-6-8-2-3-8/h4-5,8H,2-3,6,14H2,1H3,(H,15,16). The monoisotopic (exact) mass is 222 g/mol. The van der Waals surface area contributed by atoms with Crippen molar-refractivity contribution in [3.8, 4) is 0 Å². The normalized spacial score (nSPS) is 14.9. The number of nitrogen functional groups attached to an aromatic ring is 1. The number of rotatable bonds is 3. The smallest absolute Gasteiger partial charge is 0.251 e. The van der Waals surface area contributed by atoms with Crippen LogP contribution in [0.25, 0.3) is 0 Å². The average Bonchev–Trinajstić information content (AvgIpc) is 3.05. The van der Waals surface area contributed by atoms with Crippen LogP contribution in [0.5, 0.6) is 0 Å². The van der Waals surface area contributed by atoms with E-state index in [9.17, 15) is 9.18 Å². The van der Waals surface area contributed by atoms with E-state index in [0.29, 0.717) is 29.3 Å².